The third kappa shape index (κ3) is 3.17. The van der Waals surface area contributed by atoms with Crippen LogP contribution in [0.3, 0.4) is 0 Å². The predicted octanol–water partition coefficient (Wildman–Crippen LogP) is 0.634. The molecule has 0 aromatic carbocycles. The summed E-state index contributed by atoms with van der Waals surface area (Å²) in [5.41, 5.74) is 1.01. The van der Waals surface area contributed by atoms with Crippen LogP contribution in [0, 0.1) is 0 Å². The highest BCUT2D eigenvalue weighted by atomic mass is 32.1. The molecule has 0 atom stereocenters. The number of amides is 1. The van der Waals surface area contributed by atoms with E-state index >= 15 is 0 Å². The lowest BCUT2D eigenvalue weighted by Crippen LogP contribution is -2.47. The number of piperazine rings is 1. The van der Waals surface area contributed by atoms with Crippen LogP contribution >= 0.6 is 11.5 Å². The van der Waals surface area contributed by atoms with Gasteiger partial charge in [-0.25, -0.2) is 0 Å². The van der Waals surface area contributed by atoms with Crippen LogP contribution in [0.15, 0.2) is 0 Å². The Balaban J connectivity index is 1.87. The van der Waals surface area contributed by atoms with Crippen molar-refractivity contribution in [2.24, 2.45) is 0 Å². The van der Waals surface area contributed by atoms with Gasteiger partial charge in [-0.2, -0.15) is 0 Å². The van der Waals surface area contributed by atoms with Crippen molar-refractivity contribution in [3.05, 3.63) is 5.69 Å². The Bertz CT molecular complexity index is 400. The molecular weight excluding hydrogens is 250 g/mol. The van der Waals surface area contributed by atoms with Crippen molar-refractivity contribution < 1.29 is 4.79 Å². The maximum atomic E-state index is 11.2. The van der Waals surface area contributed by atoms with Crippen LogP contribution < -0.4 is 5.32 Å². The van der Waals surface area contributed by atoms with E-state index in [0.29, 0.717) is 0 Å². The molecule has 2 heterocycles. The average Bonchev–Trinajstić information content (AvgIpc) is 2.78. The first-order valence-corrected chi connectivity index (χ1v) is 7.01. The fourth-order valence-corrected chi connectivity index (χ4v) is 2.68. The summed E-state index contributed by atoms with van der Waals surface area (Å²) in [6.45, 7) is 8.82. The van der Waals surface area contributed by atoms with Crippen molar-refractivity contribution in [3.8, 4) is 0 Å². The quantitative estimate of drug-likeness (QED) is 0.869. The number of aromatic nitrogens is 2. The fraction of sp³-hybridized carbons (Fsp3) is 0.727. The van der Waals surface area contributed by atoms with Crippen molar-refractivity contribution >= 4 is 22.4 Å². The topological polar surface area (TPSA) is 61.4 Å². The molecule has 6 nitrogen and oxygen atoms in total. The first-order chi connectivity index (χ1) is 8.70. The molecule has 1 fully saturated rings. The van der Waals surface area contributed by atoms with E-state index in [4.69, 9.17) is 0 Å². The summed E-state index contributed by atoms with van der Waals surface area (Å²) in [5, 5.41) is 8.50. The molecular formula is C11H19N5OS. The molecule has 0 unspecified atom stereocenters. The van der Waals surface area contributed by atoms with Gasteiger partial charge in [0.25, 0.3) is 0 Å². The smallest absolute Gasteiger partial charge is 0.219 e. The van der Waals surface area contributed by atoms with E-state index in [1.54, 1.807) is 6.92 Å². The van der Waals surface area contributed by atoms with Crippen LogP contribution in [0.25, 0.3) is 0 Å². The van der Waals surface area contributed by atoms with Crippen LogP contribution in [-0.4, -0.2) is 58.0 Å². The van der Waals surface area contributed by atoms with Crippen molar-refractivity contribution in [2.45, 2.75) is 20.4 Å². The molecule has 0 aliphatic carbocycles. The average molecular weight is 269 g/mol. The Morgan fingerprint density at radius 3 is 2.72 bits per heavy atom. The SMILES string of the molecule is CCNc1snnc1CN1CCN(C(C)=O)CC1. The minimum Gasteiger partial charge on any atom is -0.374 e. The molecule has 1 aromatic heterocycles. The summed E-state index contributed by atoms with van der Waals surface area (Å²) < 4.78 is 3.99. The predicted molar refractivity (Wildman–Crippen MR) is 71.6 cm³/mol. The lowest BCUT2D eigenvalue weighted by Gasteiger charge is -2.33. The molecule has 1 aliphatic heterocycles. The minimum absolute atomic E-state index is 0.165. The van der Waals surface area contributed by atoms with Crippen molar-refractivity contribution in [3.63, 3.8) is 0 Å². The highest BCUT2D eigenvalue weighted by Crippen LogP contribution is 2.19. The summed E-state index contributed by atoms with van der Waals surface area (Å²) in [7, 11) is 0. The Hall–Kier alpha value is -1.21. The second-order valence-corrected chi connectivity index (χ2v) is 5.12. The first-order valence-electron chi connectivity index (χ1n) is 6.23. The van der Waals surface area contributed by atoms with Gasteiger partial charge in [-0.05, 0) is 6.92 Å². The maximum Gasteiger partial charge on any atom is 0.219 e. The van der Waals surface area contributed by atoms with Crippen LogP contribution in [0.1, 0.15) is 19.5 Å². The van der Waals surface area contributed by atoms with E-state index in [1.165, 1.54) is 11.5 Å². The highest BCUT2D eigenvalue weighted by Gasteiger charge is 2.20. The molecule has 18 heavy (non-hydrogen) atoms. The minimum atomic E-state index is 0.165. The molecule has 1 amide bonds. The van der Waals surface area contributed by atoms with Gasteiger partial charge in [0.15, 0.2) is 0 Å². The van der Waals surface area contributed by atoms with E-state index in [1.807, 2.05) is 4.90 Å². The Labute approximate surface area is 111 Å². The lowest BCUT2D eigenvalue weighted by molar-refractivity contribution is -0.130. The van der Waals surface area contributed by atoms with E-state index < -0.39 is 0 Å². The largest absolute Gasteiger partial charge is 0.374 e. The van der Waals surface area contributed by atoms with E-state index in [2.05, 4.69) is 26.7 Å². The third-order valence-electron chi connectivity index (χ3n) is 3.08. The van der Waals surface area contributed by atoms with Gasteiger partial charge >= 0.3 is 0 Å². The van der Waals surface area contributed by atoms with Gasteiger partial charge in [-0.3, -0.25) is 9.69 Å². The van der Waals surface area contributed by atoms with Crippen LogP contribution in [0.5, 0.6) is 0 Å². The maximum absolute atomic E-state index is 11.2. The van der Waals surface area contributed by atoms with Crippen LogP contribution in [0.2, 0.25) is 0 Å². The van der Waals surface area contributed by atoms with Gasteiger partial charge in [0.1, 0.15) is 10.7 Å². The van der Waals surface area contributed by atoms with Crippen LogP contribution in [-0.2, 0) is 11.3 Å². The molecule has 7 heteroatoms. The number of carbonyl (C=O) groups is 1. The number of hydrogen-bond donors (Lipinski definition) is 1. The second kappa shape index (κ2) is 6.10. The lowest BCUT2D eigenvalue weighted by atomic mass is 10.3. The molecule has 0 spiro atoms. The molecule has 1 N–H and O–H groups in total. The van der Waals surface area contributed by atoms with Gasteiger partial charge < -0.3 is 10.2 Å². The van der Waals surface area contributed by atoms with E-state index in [0.717, 1.165) is 50.0 Å². The monoisotopic (exact) mass is 269 g/mol. The zero-order valence-corrected chi connectivity index (χ0v) is 11.7. The standard InChI is InChI=1S/C11H19N5OS/c1-3-12-11-10(13-14-18-11)8-15-4-6-16(7-5-15)9(2)17/h12H,3-8H2,1-2H3. The summed E-state index contributed by atoms with van der Waals surface area (Å²) in [6.07, 6.45) is 0. The zero-order valence-electron chi connectivity index (χ0n) is 10.8. The van der Waals surface area contributed by atoms with Gasteiger partial charge in [0.2, 0.25) is 5.91 Å². The van der Waals surface area contributed by atoms with Crippen molar-refractivity contribution in [1.82, 2.24) is 19.4 Å². The fourth-order valence-electron chi connectivity index (χ4n) is 2.04. The van der Waals surface area contributed by atoms with Gasteiger partial charge in [-0.15, -0.1) is 5.10 Å². The first kappa shape index (κ1) is 13.2. The molecule has 2 rings (SSSR count). The Morgan fingerprint density at radius 2 is 2.11 bits per heavy atom. The highest BCUT2D eigenvalue weighted by molar-refractivity contribution is 7.10. The van der Waals surface area contributed by atoms with Crippen molar-refractivity contribution in [2.75, 3.05) is 38.0 Å². The molecule has 0 saturated carbocycles. The van der Waals surface area contributed by atoms with E-state index in [9.17, 15) is 4.79 Å². The Morgan fingerprint density at radius 1 is 1.39 bits per heavy atom. The number of rotatable bonds is 4. The van der Waals surface area contributed by atoms with Crippen LogP contribution in [0.4, 0.5) is 5.00 Å². The second-order valence-electron chi connectivity index (χ2n) is 4.36. The van der Waals surface area contributed by atoms with E-state index in [-0.39, 0.29) is 5.91 Å². The molecule has 100 valence electrons. The molecule has 0 bridgehead atoms. The number of nitrogens with zero attached hydrogens (tertiary/aromatic N) is 4. The van der Waals surface area contributed by atoms with Gasteiger partial charge in [0.05, 0.1) is 0 Å². The third-order valence-corrected chi connectivity index (χ3v) is 3.81. The molecule has 1 aliphatic rings. The number of nitrogens with one attached hydrogen (secondary N) is 1. The summed E-state index contributed by atoms with van der Waals surface area (Å²) in [6, 6.07) is 0. The molecule has 1 aromatic rings. The van der Waals surface area contributed by atoms with Gasteiger partial charge in [-0.1, -0.05) is 4.49 Å². The summed E-state index contributed by atoms with van der Waals surface area (Å²) in [5.74, 6) is 0.165. The molecule has 0 radical (unpaired) electrons. The number of carbonyl (C=O) groups excluding carboxylic acids is 1. The summed E-state index contributed by atoms with van der Waals surface area (Å²) >= 11 is 1.40. The Kier molecular flexibility index (Phi) is 4.48. The van der Waals surface area contributed by atoms with Gasteiger partial charge in [0, 0.05) is 57.7 Å². The summed E-state index contributed by atoms with van der Waals surface area (Å²) in [4.78, 5) is 15.4. The van der Waals surface area contributed by atoms with Crippen molar-refractivity contribution in [1.29, 1.82) is 0 Å². The molecule has 1 saturated heterocycles. The number of hydrogen-bond acceptors (Lipinski definition) is 6. The normalized spacial score (nSPS) is 16.9. The zero-order chi connectivity index (χ0) is 13.0. The number of anilines is 1.